The van der Waals surface area contributed by atoms with Gasteiger partial charge in [-0.3, -0.25) is 9.69 Å². The van der Waals surface area contributed by atoms with Gasteiger partial charge in [-0.1, -0.05) is 30.3 Å². The van der Waals surface area contributed by atoms with E-state index in [1.165, 1.54) is 15.6 Å². The molecule has 0 radical (unpaired) electrons. The lowest BCUT2D eigenvalue weighted by Crippen LogP contribution is -2.49. The molecule has 2 bridgehead atoms. The van der Waals surface area contributed by atoms with Crippen molar-refractivity contribution in [3.05, 3.63) is 63.7 Å². The molecule has 0 saturated carbocycles. The molecule has 2 fully saturated rings. The Balaban J connectivity index is 0.00000196. The summed E-state index contributed by atoms with van der Waals surface area (Å²) >= 11 is 2.32. The lowest BCUT2D eigenvalue weighted by molar-refractivity contribution is -0.143. The normalized spacial score (nSPS) is 27.6. The Hall–Kier alpha value is -1.11. The maximum Gasteiger partial charge on any atom is 0.316 e. The highest BCUT2D eigenvalue weighted by atomic mass is 127. The molecule has 26 heavy (non-hydrogen) atoms. The lowest BCUT2D eigenvalue weighted by atomic mass is 9.76. The first-order chi connectivity index (χ1) is 12.1. The Kier molecular flexibility index (Phi) is 6.25. The van der Waals surface area contributed by atoms with Gasteiger partial charge in [-0.25, -0.2) is 0 Å². The molecule has 0 spiro atoms. The van der Waals surface area contributed by atoms with E-state index in [1.54, 1.807) is 0 Å². The first-order valence-corrected chi connectivity index (χ1v) is 9.95. The van der Waals surface area contributed by atoms with Gasteiger partial charge < -0.3 is 4.74 Å². The van der Waals surface area contributed by atoms with Crippen molar-refractivity contribution in [1.29, 1.82) is 0 Å². The fraction of sp³-hybridized carbons (Fsp3) is 0.381. The third-order valence-corrected chi connectivity index (χ3v) is 6.52. The summed E-state index contributed by atoms with van der Waals surface area (Å²) in [7, 11) is 2.16. The van der Waals surface area contributed by atoms with Crippen molar-refractivity contribution in [2.45, 2.75) is 37.3 Å². The van der Waals surface area contributed by atoms with Gasteiger partial charge in [0, 0.05) is 21.6 Å². The molecule has 2 unspecified atom stereocenters. The van der Waals surface area contributed by atoms with Crippen molar-refractivity contribution in [2.75, 3.05) is 7.05 Å². The maximum absolute atomic E-state index is 13.1. The number of nitrogens with zero attached hydrogens (tertiary/aromatic N) is 1. The van der Waals surface area contributed by atoms with Crippen LogP contribution in [0.1, 0.15) is 30.7 Å². The standard InChI is InChI=1S/C21H22INO2.ClH/c1-23-16-11-12-19(23)20(21(24)25-17-5-3-2-4-6-17)18(13-16)14-7-9-15(22)10-8-14;/h2-10,16,18-20H,11-13H2,1H3;1H/t16-,18-,19?,20?;/m1./s1. The molecule has 0 aliphatic carbocycles. The number of rotatable bonds is 3. The molecule has 2 aliphatic heterocycles. The highest BCUT2D eigenvalue weighted by Crippen LogP contribution is 2.46. The number of carbonyl (C=O) groups excluding carboxylic acids is 1. The minimum absolute atomic E-state index is 0. The molecule has 2 heterocycles. The highest BCUT2D eigenvalue weighted by molar-refractivity contribution is 14.1. The van der Waals surface area contributed by atoms with Crippen molar-refractivity contribution >= 4 is 41.0 Å². The van der Waals surface area contributed by atoms with E-state index in [1.807, 2.05) is 30.3 Å². The van der Waals surface area contributed by atoms with Gasteiger partial charge in [-0.15, -0.1) is 12.4 Å². The van der Waals surface area contributed by atoms with Gasteiger partial charge in [-0.05, 0) is 78.7 Å². The molecule has 0 amide bonds. The van der Waals surface area contributed by atoms with E-state index < -0.39 is 0 Å². The molecule has 2 aromatic rings. The Bertz CT molecular complexity index is 752. The van der Waals surface area contributed by atoms with Gasteiger partial charge in [0.25, 0.3) is 0 Å². The molecule has 3 nitrogen and oxygen atoms in total. The van der Waals surface area contributed by atoms with Crippen LogP contribution in [0.15, 0.2) is 54.6 Å². The smallest absolute Gasteiger partial charge is 0.316 e. The third kappa shape index (κ3) is 3.78. The number of para-hydroxylation sites is 1. The minimum atomic E-state index is -0.107. The van der Waals surface area contributed by atoms with Crippen LogP contribution in [-0.4, -0.2) is 30.0 Å². The molecule has 0 aromatic heterocycles. The Labute approximate surface area is 174 Å². The van der Waals surface area contributed by atoms with E-state index in [0.717, 1.165) is 12.8 Å². The first-order valence-electron chi connectivity index (χ1n) is 8.87. The second kappa shape index (κ2) is 8.28. The molecule has 138 valence electrons. The summed E-state index contributed by atoms with van der Waals surface area (Å²) in [6.45, 7) is 0. The zero-order chi connectivity index (χ0) is 17.4. The number of piperidine rings is 1. The predicted octanol–water partition coefficient (Wildman–Crippen LogP) is 4.88. The van der Waals surface area contributed by atoms with E-state index in [-0.39, 0.29) is 36.3 Å². The van der Waals surface area contributed by atoms with E-state index >= 15 is 0 Å². The van der Waals surface area contributed by atoms with Crippen LogP contribution >= 0.6 is 35.0 Å². The highest BCUT2D eigenvalue weighted by Gasteiger charge is 2.49. The second-order valence-electron chi connectivity index (χ2n) is 7.12. The summed E-state index contributed by atoms with van der Waals surface area (Å²) in [5.74, 6) is 0.675. The molecule has 2 saturated heterocycles. The number of carbonyl (C=O) groups is 1. The number of ether oxygens (including phenoxy) is 1. The van der Waals surface area contributed by atoms with Crippen LogP contribution in [-0.2, 0) is 4.79 Å². The summed E-state index contributed by atoms with van der Waals surface area (Å²) in [6, 6.07) is 18.9. The zero-order valence-corrected chi connectivity index (χ0v) is 17.7. The molecule has 4 atom stereocenters. The molecule has 2 aromatic carbocycles. The van der Waals surface area contributed by atoms with Crippen molar-refractivity contribution in [3.63, 3.8) is 0 Å². The van der Waals surface area contributed by atoms with E-state index in [4.69, 9.17) is 4.74 Å². The molecular weight excluding hydrogens is 461 g/mol. The van der Waals surface area contributed by atoms with Crippen molar-refractivity contribution in [2.24, 2.45) is 5.92 Å². The number of halogens is 2. The van der Waals surface area contributed by atoms with Crippen molar-refractivity contribution in [3.8, 4) is 5.75 Å². The maximum atomic E-state index is 13.1. The van der Waals surface area contributed by atoms with Crippen molar-refractivity contribution in [1.82, 2.24) is 4.90 Å². The fourth-order valence-electron chi connectivity index (χ4n) is 4.51. The summed E-state index contributed by atoms with van der Waals surface area (Å²) in [6.07, 6.45) is 3.29. The van der Waals surface area contributed by atoms with Crippen LogP contribution in [0.2, 0.25) is 0 Å². The average molecular weight is 484 g/mol. The third-order valence-electron chi connectivity index (χ3n) is 5.80. The van der Waals surface area contributed by atoms with Crippen molar-refractivity contribution < 1.29 is 9.53 Å². The Morgan fingerprint density at radius 1 is 1.08 bits per heavy atom. The largest absolute Gasteiger partial charge is 0.426 e. The first kappa shape index (κ1) is 19.6. The van der Waals surface area contributed by atoms with Crippen LogP contribution < -0.4 is 4.74 Å². The van der Waals surface area contributed by atoms with Crippen LogP contribution in [0, 0.1) is 9.49 Å². The van der Waals surface area contributed by atoms with Crippen LogP contribution in [0.4, 0.5) is 0 Å². The summed E-state index contributed by atoms with van der Waals surface area (Å²) in [5.41, 5.74) is 1.26. The van der Waals surface area contributed by atoms with Crippen LogP contribution in [0.3, 0.4) is 0 Å². The van der Waals surface area contributed by atoms with Crippen LogP contribution in [0.5, 0.6) is 5.75 Å². The van der Waals surface area contributed by atoms with Gasteiger partial charge in [0.05, 0.1) is 5.92 Å². The van der Waals surface area contributed by atoms with E-state index in [9.17, 15) is 4.79 Å². The SMILES string of the molecule is CN1C2CC[C@@H]1C[C@H](c1ccc(I)cc1)C2C(=O)Oc1ccccc1.Cl. The van der Waals surface area contributed by atoms with Crippen LogP contribution in [0.25, 0.3) is 0 Å². The van der Waals surface area contributed by atoms with Gasteiger partial charge in [0.2, 0.25) is 0 Å². The van der Waals surface area contributed by atoms with Gasteiger partial charge in [-0.2, -0.15) is 0 Å². The topological polar surface area (TPSA) is 29.5 Å². The van der Waals surface area contributed by atoms with E-state index in [0.29, 0.717) is 11.8 Å². The quantitative estimate of drug-likeness (QED) is 0.354. The van der Waals surface area contributed by atoms with Gasteiger partial charge in [0.15, 0.2) is 0 Å². The van der Waals surface area contributed by atoms with E-state index in [2.05, 4.69) is 58.8 Å². The Morgan fingerprint density at radius 2 is 1.77 bits per heavy atom. The summed E-state index contributed by atoms with van der Waals surface area (Å²) in [5, 5.41) is 0. The average Bonchev–Trinajstić information content (AvgIpc) is 2.86. The number of fused-ring (bicyclic) bond motifs is 2. The molecule has 0 N–H and O–H groups in total. The minimum Gasteiger partial charge on any atom is -0.426 e. The zero-order valence-electron chi connectivity index (χ0n) is 14.7. The van der Waals surface area contributed by atoms with Gasteiger partial charge in [0.1, 0.15) is 5.75 Å². The number of esters is 1. The number of benzene rings is 2. The predicted molar refractivity (Wildman–Crippen MR) is 114 cm³/mol. The fourth-order valence-corrected chi connectivity index (χ4v) is 4.87. The molecule has 4 rings (SSSR count). The summed E-state index contributed by atoms with van der Waals surface area (Å²) < 4.78 is 6.98. The summed E-state index contributed by atoms with van der Waals surface area (Å²) in [4.78, 5) is 15.5. The monoisotopic (exact) mass is 483 g/mol. The van der Waals surface area contributed by atoms with Gasteiger partial charge >= 0.3 is 5.97 Å². The molecular formula is C21H23ClINO2. The second-order valence-corrected chi connectivity index (χ2v) is 8.36. The molecule has 5 heteroatoms. The molecule has 2 aliphatic rings. The Morgan fingerprint density at radius 3 is 2.46 bits per heavy atom. The number of hydrogen-bond donors (Lipinski definition) is 0. The lowest BCUT2D eigenvalue weighted by Gasteiger charge is -2.41. The number of hydrogen-bond acceptors (Lipinski definition) is 3.